The van der Waals surface area contributed by atoms with Crippen molar-refractivity contribution >= 4 is 15.9 Å². The van der Waals surface area contributed by atoms with E-state index in [1.54, 1.807) is 0 Å². The van der Waals surface area contributed by atoms with Gasteiger partial charge >= 0.3 is 0 Å². The molecule has 1 aromatic heterocycles. The van der Waals surface area contributed by atoms with Crippen LogP contribution in [0.4, 0.5) is 0 Å². The molecular formula is C10H15BrN2. The number of rotatable bonds is 1. The molecule has 0 aliphatic heterocycles. The van der Waals surface area contributed by atoms with Crippen LogP contribution in [0.3, 0.4) is 0 Å². The third kappa shape index (κ3) is 1.66. The topological polar surface area (TPSA) is 17.8 Å². The first-order chi connectivity index (χ1) is 6.18. The summed E-state index contributed by atoms with van der Waals surface area (Å²) in [6.07, 6.45) is 6.59. The lowest BCUT2D eigenvalue weighted by Gasteiger charge is -2.14. The lowest BCUT2D eigenvalue weighted by Crippen LogP contribution is -2.09. The van der Waals surface area contributed by atoms with Gasteiger partial charge < -0.3 is 4.57 Å². The van der Waals surface area contributed by atoms with E-state index in [4.69, 9.17) is 0 Å². The summed E-state index contributed by atoms with van der Waals surface area (Å²) in [4.78, 5) is 5.10. The summed E-state index contributed by atoms with van der Waals surface area (Å²) in [5, 5.41) is 0. The zero-order valence-electron chi connectivity index (χ0n) is 8.07. The third-order valence-corrected chi connectivity index (χ3v) is 4.36. The van der Waals surface area contributed by atoms with E-state index in [0.717, 1.165) is 5.92 Å². The minimum absolute atomic E-state index is 0.658. The average Bonchev–Trinajstić information content (AvgIpc) is 2.62. The van der Waals surface area contributed by atoms with Crippen LogP contribution >= 0.6 is 15.9 Å². The molecule has 0 saturated heterocycles. The average molecular weight is 243 g/mol. The fraction of sp³-hybridized carbons (Fsp3) is 0.700. The van der Waals surface area contributed by atoms with Crippen molar-refractivity contribution in [3.63, 3.8) is 0 Å². The Bertz CT molecular complexity index is 295. The van der Waals surface area contributed by atoms with Gasteiger partial charge in [0.2, 0.25) is 0 Å². The monoisotopic (exact) mass is 242 g/mol. The van der Waals surface area contributed by atoms with E-state index in [2.05, 4.69) is 34.0 Å². The lowest BCUT2D eigenvalue weighted by atomic mass is 9.95. The van der Waals surface area contributed by atoms with Crippen LogP contribution in [-0.2, 0) is 7.05 Å². The number of hydrogen-bond acceptors (Lipinski definition) is 1. The summed E-state index contributed by atoms with van der Waals surface area (Å²) < 4.78 is 2.03. The van der Waals surface area contributed by atoms with Crippen molar-refractivity contribution in [3.05, 3.63) is 18.2 Å². The van der Waals surface area contributed by atoms with Crippen molar-refractivity contribution in [2.45, 2.75) is 30.5 Å². The number of alkyl halides is 1. The van der Waals surface area contributed by atoms with Gasteiger partial charge in [0.15, 0.2) is 0 Å². The van der Waals surface area contributed by atoms with Crippen molar-refractivity contribution in [2.75, 3.05) is 0 Å². The first-order valence-electron chi connectivity index (χ1n) is 4.80. The summed E-state index contributed by atoms with van der Waals surface area (Å²) in [6.45, 7) is 2.31. The molecule has 1 aromatic rings. The molecule has 3 unspecified atom stereocenters. The Hall–Kier alpha value is -0.310. The molecule has 0 N–H and O–H groups in total. The maximum Gasteiger partial charge on any atom is 0.0946 e. The molecule has 1 aliphatic carbocycles. The predicted molar refractivity (Wildman–Crippen MR) is 57.1 cm³/mol. The summed E-state index contributed by atoms with van der Waals surface area (Å²) >= 11 is 3.71. The van der Waals surface area contributed by atoms with Crippen LogP contribution in [0.15, 0.2) is 12.5 Å². The fourth-order valence-corrected chi connectivity index (χ4v) is 2.79. The second-order valence-corrected chi connectivity index (χ2v) is 5.20. The van der Waals surface area contributed by atoms with Crippen LogP contribution in [0.2, 0.25) is 0 Å². The van der Waals surface area contributed by atoms with Gasteiger partial charge in [0.05, 0.1) is 12.0 Å². The van der Waals surface area contributed by atoms with Crippen LogP contribution in [0.25, 0.3) is 0 Å². The number of hydrogen-bond donors (Lipinski definition) is 0. The molecule has 1 heterocycles. The largest absolute Gasteiger partial charge is 0.340 e. The first-order valence-corrected chi connectivity index (χ1v) is 5.72. The Kier molecular flexibility index (Phi) is 2.45. The highest BCUT2D eigenvalue weighted by atomic mass is 79.9. The molecule has 0 amide bonds. The van der Waals surface area contributed by atoms with Crippen molar-refractivity contribution in [1.29, 1.82) is 0 Å². The second kappa shape index (κ2) is 3.45. The van der Waals surface area contributed by atoms with Gasteiger partial charge in [-0.2, -0.15) is 0 Å². The molecule has 13 heavy (non-hydrogen) atoms. The van der Waals surface area contributed by atoms with Gasteiger partial charge in [-0.1, -0.05) is 22.9 Å². The Labute approximate surface area is 87.5 Å². The van der Waals surface area contributed by atoms with Crippen LogP contribution in [0.1, 0.15) is 31.4 Å². The molecule has 0 bridgehead atoms. The Morgan fingerprint density at radius 2 is 2.31 bits per heavy atom. The van der Waals surface area contributed by atoms with Gasteiger partial charge in [-0.05, 0) is 18.8 Å². The quantitative estimate of drug-likeness (QED) is 0.693. The van der Waals surface area contributed by atoms with Crippen molar-refractivity contribution in [3.8, 4) is 0 Å². The first kappa shape index (κ1) is 9.25. The minimum Gasteiger partial charge on any atom is -0.340 e. The predicted octanol–water partition coefficient (Wildman–Crippen LogP) is 2.70. The molecule has 72 valence electrons. The maximum absolute atomic E-state index is 4.42. The second-order valence-electron chi connectivity index (χ2n) is 4.02. The van der Waals surface area contributed by atoms with Gasteiger partial charge in [0.1, 0.15) is 0 Å². The molecule has 1 saturated carbocycles. The molecule has 1 fully saturated rings. The molecule has 2 rings (SSSR count). The number of nitrogens with zero attached hydrogens (tertiary/aromatic N) is 2. The molecule has 0 aromatic carbocycles. The molecule has 3 heteroatoms. The smallest absolute Gasteiger partial charge is 0.0946 e. The minimum atomic E-state index is 0.658. The summed E-state index contributed by atoms with van der Waals surface area (Å²) in [6, 6.07) is 0. The third-order valence-electron chi connectivity index (χ3n) is 3.06. The molecule has 0 spiro atoms. The zero-order valence-corrected chi connectivity index (χ0v) is 9.66. The normalized spacial score (nSPS) is 33.9. The Morgan fingerprint density at radius 3 is 2.77 bits per heavy atom. The van der Waals surface area contributed by atoms with E-state index in [9.17, 15) is 0 Å². The standard InChI is InChI=1S/C10H15BrN2/c1-7-8(3-4-9(7)11)10-5-13(2)6-12-10/h5-9H,3-4H2,1-2H3. The SMILES string of the molecule is CC1C(Br)CCC1c1cn(C)cn1. The van der Waals surface area contributed by atoms with Crippen LogP contribution in [0.5, 0.6) is 0 Å². The van der Waals surface area contributed by atoms with Gasteiger partial charge in [0.25, 0.3) is 0 Å². The van der Waals surface area contributed by atoms with Crippen LogP contribution in [-0.4, -0.2) is 14.4 Å². The summed E-state index contributed by atoms with van der Waals surface area (Å²) in [5.74, 6) is 1.38. The number of aryl methyl sites for hydroxylation is 1. The summed E-state index contributed by atoms with van der Waals surface area (Å²) in [5.41, 5.74) is 1.26. The van der Waals surface area contributed by atoms with Gasteiger partial charge in [-0.25, -0.2) is 4.98 Å². The molecule has 3 atom stereocenters. The van der Waals surface area contributed by atoms with E-state index in [-0.39, 0.29) is 0 Å². The number of aromatic nitrogens is 2. The zero-order chi connectivity index (χ0) is 9.42. The van der Waals surface area contributed by atoms with Crippen molar-refractivity contribution < 1.29 is 0 Å². The number of imidazole rings is 1. The molecular weight excluding hydrogens is 228 g/mol. The molecule has 1 aliphatic rings. The highest BCUT2D eigenvalue weighted by Crippen LogP contribution is 2.42. The van der Waals surface area contributed by atoms with Crippen molar-refractivity contribution in [2.24, 2.45) is 13.0 Å². The fourth-order valence-electron chi connectivity index (χ4n) is 2.16. The maximum atomic E-state index is 4.42. The van der Waals surface area contributed by atoms with Gasteiger partial charge in [-0.15, -0.1) is 0 Å². The highest BCUT2D eigenvalue weighted by molar-refractivity contribution is 9.09. The lowest BCUT2D eigenvalue weighted by molar-refractivity contribution is 0.534. The van der Waals surface area contributed by atoms with Gasteiger partial charge in [0, 0.05) is 24.0 Å². The Balaban J connectivity index is 2.18. The van der Waals surface area contributed by atoms with Crippen LogP contribution in [0, 0.1) is 5.92 Å². The Morgan fingerprint density at radius 1 is 1.54 bits per heavy atom. The molecule has 0 radical (unpaired) electrons. The van der Waals surface area contributed by atoms with Gasteiger partial charge in [-0.3, -0.25) is 0 Å². The highest BCUT2D eigenvalue weighted by Gasteiger charge is 2.33. The van der Waals surface area contributed by atoms with E-state index in [1.807, 2.05) is 17.9 Å². The molecule has 2 nitrogen and oxygen atoms in total. The van der Waals surface area contributed by atoms with Crippen LogP contribution < -0.4 is 0 Å². The number of halogens is 1. The van der Waals surface area contributed by atoms with E-state index in [0.29, 0.717) is 10.7 Å². The van der Waals surface area contributed by atoms with Crippen molar-refractivity contribution in [1.82, 2.24) is 9.55 Å². The van der Waals surface area contributed by atoms with E-state index >= 15 is 0 Å². The van der Waals surface area contributed by atoms with E-state index < -0.39 is 0 Å². The van der Waals surface area contributed by atoms with E-state index in [1.165, 1.54) is 18.5 Å². The summed E-state index contributed by atoms with van der Waals surface area (Å²) in [7, 11) is 2.03.